The number of halogens is 3. The minimum Gasteiger partial charge on any atom is -0.475 e. The molecule has 2 aliphatic rings. The van der Waals surface area contributed by atoms with E-state index in [2.05, 4.69) is 44.7 Å². The van der Waals surface area contributed by atoms with Crippen LogP contribution in [0.2, 0.25) is 0 Å². The third-order valence-corrected chi connectivity index (χ3v) is 6.78. The van der Waals surface area contributed by atoms with E-state index in [-0.39, 0.29) is 6.04 Å². The van der Waals surface area contributed by atoms with E-state index in [4.69, 9.17) is 30.5 Å². The van der Waals surface area contributed by atoms with E-state index in [0.717, 1.165) is 29.9 Å². The molecule has 4 aromatic rings. The van der Waals surface area contributed by atoms with Crippen molar-refractivity contribution in [1.82, 2.24) is 34.6 Å². The van der Waals surface area contributed by atoms with Gasteiger partial charge in [-0.05, 0) is 50.3 Å². The minimum absolute atomic E-state index is 0.156. The van der Waals surface area contributed by atoms with Gasteiger partial charge in [0, 0.05) is 31.3 Å². The Bertz CT molecular complexity index is 1630. The van der Waals surface area contributed by atoms with Gasteiger partial charge >= 0.3 is 12.1 Å². The first-order valence-electron chi connectivity index (χ1n) is 12.6. The highest BCUT2D eigenvalue weighted by molar-refractivity contribution is 5.90. The normalized spacial score (nSPS) is 18.8. The number of carboxylic acid groups (broad SMARTS) is 1. The maximum absolute atomic E-state index is 10.6. The molecule has 40 heavy (non-hydrogen) atoms. The molecule has 0 unspecified atom stereocenters. The average Bonchev–Trinajstić information content (AvgIpc) is 3.35. The number of nitrogens with one attached hydrogen (secondary N) is 1. The summed E-state index contributed by atoms with van der Waals surface area (Å²) in [6.45, 7) is 3.53. The molecule has 2 fully saturated rings. The van der Waals surface area contributed by atoms with Crippen molar-refractivity contribution in [2.75, 3.05) is 26.0 Å². The van der Waals surface area contributed by atoms with Gasteiger partial charge in [-0.3, -0.25) is 0 Å². The van der Waals surface area contributed by atoms with Crippen LogP contribution in [0.3, 0.4) is 0 Å². The molecule has 4 heterocycles. The smallest absolute Gasteiger partial charge is 0.475 e. The molecule has 1 aromatic carbocycles. The van der Waals surface area contributed by atoms with Crippen LogP contribution in [-0.4, -0.2) is 72.9 Å². The van der Waals surface area contributed by atoms with Crippen LogP contribution in [0.4, 0.5) is 19.0 Å². The average molecular weight is 557 g/mol. The van der Waals surface area contributed by atoms with Crippen LogP contribution in [-0.2, 0) is 9.53 Å². The highest BCUT2D eigenvalue weighted by Crippen LogP contribution is 2.38. The second kappa shape index (κ2) is 10.7. The number of imidazole rings is 1. The number of carbonyl (C=O) groups is 1. The van der Waals surface area contributed by atoms with E-state index in [1.165, 1.54) is 24.7 Å². The number of alkyl halides is 3. The number of rotatable bonds is 4. The summed E-state index contributed by atoms with van der Waals surface area (Å²) in [6, 6.07) is 7.25. The first-order chi connectivity index (χ1) is 19.1. The summed E-state index contributed by atoms with van der Waals surface area (Å²) in [6.07, 6.45) is -0.235. The summed E-state index contributed by atoms with van der Waals surface area (Å²) >= 11 is 0. The van der Waals surface area contributed by atoms with Gasteiger partial charge < -0.3 is 25.5 Å². The highest BCUT2D eigenvalue weighted by Gasteiger charge is 2.38. The molecule has 4 N–H and O–H groups in total. The van der Waals surface area contributed by atoms with Gasteiger partial charge in [-0.2, -0.15) is 18.3 Å². The lowest BCUT2D eigenvalue weighted by Crippen LogP contribution is -2.25. The summed E-state index contributed by atoms with van der Waals surface area (Å²) in [7, 11) is 1.72. The summed E-state index contributed by atoms with van der Waals surface area (Å²) < 4.78 is 41.3. The van der Waals surface area contributed by atoms with E-state index in [1.54, 1.807) is 7.11 Å². The molecular weight excluding hydrogens is 529 g/mol. The maximum Gasteiger partial charge on any atom is 0.490 e. The first-order valence-corrected chi connectivity index (χ1v) is 12.6. The van der Waals surface area contributed by atoms with Crippen LogP contribution in [0.15, 0.2) is 24.5 Å². The number of aliphatic carboxylic acids is 1. The quantitative estimate of drug-likeness (QED) is 0.323. The summed E-state index contributed by atoms with van der Waals surface area (Å²) in [4.78, 5) is 22.3. The summed E-state index contributed by atoms with van der Waals surface area (Å²) in [5.41, 5.74) is 10.6. The van der Waals surface area contributed by atoms with E-state index >= 15 is 0 Å². The van der Waals surface area contributed by atoms with Crippen molar-refractivity contribution in [2.24, 2.45) is 0 Å². The Morgan fingerprint density at radius 2 is 2.00 bits per heavy atom. The van der Waals surface area contributed by atoms with Crippen molar-refractivity contribution >= 4 is 33.9 Å². The Kier molecular flexibility index (Phi) is 7.35. The van der Waals surface area contributed by atoms with Crippen molar-refractivity contribution in [3.8, 4) is 11.8 Å². The van der Waals surface area contributed by atoms with Gasteiger partial charge in [0.2, 0.25) is 0 Å². The Hall–Kier alpha value is -4.22. The molecule has 1 saturated heterocycles. The second-order valence-corrected chi connectivity index (χ2v) is 9.72. The predicted molar refractivity (Wildman–Crippen MR) is 139 cm³/mol. The van der Waals surface area contributed by atoms with Crippen molar-refractivity contribution in [3.05, 3.63) is 41.6 Å². The van der Waals surface area contributed by atoms with Crippen LogP contribution in [0.25, 0.3) is 22.1 Å². The molecule has 0 amide bonds. The number of anilines is 1. The van der Waals surface area contributed by atoms with Gasteiger partial charge in [0.1, 0.15) is 23.7 Å². The zero-order chi connectivity index (χ0) is 28.6. The lowest BCUT2D eigenvalue weighted by atomic mass is 10.2. The standard InChI is InChI=1S/C24H26N8O.C2HF3O2/c1-14-29-20-9-15(4-8-21(20)31(14)17-5-6-17)3-7-19-22-23(25)27-13-28-24(22)32(30-19)18-10-16(12-33-2)26-11-18;3-2(4,5)1(6)7/h4,8-9,13,16-18,26H,5-6,10-12H2,1-2H3,(H2,25,27,28);(H,6,7)/t16-,18+;/m1./s1. The van der Waals surface area contributed by atoms with Crippen molar-refractivity contribution in [3.63, 3.8) is 0 Å². The van der Waals surface area contributed by atoms with E-state index in [1.807, 2.05) is 16.8 Å². The maximum atomic E-state index is 10.6. The number of carboxylic acids is 1. The zero-order valence-electron chi connectivity index (χ0n) is 21.7. The number of hydrogen-bond donors (Lipinski definition) is 3. The van der Waals surface area contributed by atoms with Crippen molar-refractivity contribution in [2.45, 2.75) is 50.5 Å². The monoisotopic (exact) mass is 556 g/mol. The second-order valence-electron chi connectivity index (χ2n) is 9.72. The molecule has 6 rings (SSSR count). The number of benzene rings is 1. The molecule has 210 valence electrons. The van der Waals surface area contributed by atoms with Crippen molar-refractivity contribution in [1.29, 1.82) is 0 Å². The number of aryl methyl sites for hydroxylation is 1. The number of fused-ring (bicyclic) bond motifs is 2. The molecule has 3 aromatic heterocycles. The third kappa shape index (κ3) is 5.56. The number of methoxy groups -OCH3 is 1. The van der Waals surface area contributed by atoms with E-state index in [9.17, 15) is 13.2 Å². The minimum atomic E-state index is -5.08. The van der Waals surface area contributed by atoms with Crippen LogP contribution in [0.5, 0.6) is 0 Å². The van der Waals surface area contributed by atoms with Crippen LogP contribution in [0, 0.1) is 18.8 Å². The van der Waals surface area contributed by atoms with Gasteiger partial charge in [0.25, 0.3) is 0 Å². The highest BCUT2D eigenvalue weighted by atomic mass is 19.4. The Balaban J connectivity index is 0.000000411. The lowest BCUT2D eigenvalue weighted by Gasteiger charge is -2.10. The van der Waals surface area contributed by atoms with E-state index < -0.39 is 12.1 Å². The Labute approximate surface area is 226 Å². The number of ether oxygens (including phenoxy) is 1. The number of aromatic nitrogens is 6. The number of nitrogens with two attached hydrogens (primary N) is 1. The molecule has 0 spiro atoms. The SMILES string of the molecule is COC[C@H]1C[C@H](n2nc(C#Cc3ccc4c(c3)nc(C)n4C3CC3)c3c(N)ncnc32)CN1.O=C(O)C(F)(F)F. The van der Waals surface area contributed by atoms with Gasteiger partial charge in [0.05, 0.1) is 29.1 Å². The predicted octanol–water partition coefficient (Wildman–Crippen LogP) is 2.98. The Morgan fingerprint density at radius 3 is 2.67 bits per heavy atom. The largest absolute Gasteiger partial charge is 0.490 e. The number of hydrogen-bond acceptors (Lipinski definition) is 8. The first kappa shape index (κ1) is 27.4. The fraction of sp³-hybridized carbons (Fsp3) is 0.423. The fourth-order valence-electron chi connectivity index (χ4n) is 4.87. The fourth-order valence-corrected chi connectivity index (χ4v) is 4.87. The Morgan fingerprint density at radius 1 is 1.25 bits per heavy atom. The summed E-state index contributed by atoms with van der Waals surface area (Å²) in [5, 5.41) is 16.1. The van der Waals surface area contributed by atoms with Crippen LogP contribution in [0.1, 0.15) is 48.4 Å². The van der Waals surface area contributed by atoms with E-state index in [0.29, 0.717) is 41.2 Å². The number of nitrogen functional groups attached to an aromatic ring is 1. The van der Waals surface area contributed by atoms with Gasteiger partial charge in [-0.15, -0.1) is 0 Å². The molecule has 0 radical (unpaired) electrons. The number of nitrogens with zero attached hydrogens (tertiary/aromatic N) is 6. The zero-order valence-corrected chi connectivity index (χ0v) is 21.7. The molecule has 2 atom stereocenters. The van der Waals surface area contributed by atoms with Gasteiger partial charge in [-0.1, -0.05) is 5.92 Å². The van der Waals surface area contributed by atoms with Crippen molar-refractivity contribution < 1.29 is 27.8 Å². The molecule has 11 nitrogen and oxygen atoms in total. The molecule has 1 saturated carbocycles. The lowest BCUT2D eigenvalue weighted by molar-refractivity contribution is -0.192. The molecule has 1 aliphatic heterocycles. The van der Waals surface area contributed by atoms with Crippen LogP contribution >= 0.6 is 0 Å². The van der Waals surface area contributed by atoms with Crippen LogP contribution < -0.4 is 11.1 Å². The molecule has 0 bridgehead atoms. The summed E-state index contributed by atoms with van der Waals surface area (Å²) in [5.74, 6) is 5.18. The molecule has 14 heteroatoms. The molecule has 1 aliphatic carbocycles. The topological polar surface area (TPSA) is 146 Å². The third-order valence-electron chi connectivity index (χ3n) is 6.78. The van der Waals surface area contributed by atoms with Gasteiger partial charge in [0.15, 0.2) is 5.65 Å². The van der Waals surface area contributed by atoms with Gasteiger partial charge in [-0.25, -0.2) is 24.4 Å². The molecular formula is C26H27F3N8O3.